The predicted octanol–water partition coefficient (Wildman–Crippen LogP) is 3.96. The summed E-state index contributed by atoms with van der Waals surface area (Å²) in [6.07, 6.45) is -0.998. The first kappa shape index (κ1) is 13.6. The van der Waals surface area contributed by atoms with Crippen LogP contribution in [0, 0.1) is 6.92 Å². The van der Waals surface area contributed by atoms with Crippen molar-refractivity contribution in [3.8, 4) is 5.75 Å². The van der Waals surface area contributed by atoms with Crippen molar-refractivity contribution in [3.05, 3.63) is 64.1 Å². The first-order valence-electron chi connectivity index (χ1n) is 5.78. The van der Waals surface area contributed by atoms with Crippen molar-refractivity contribution in [1.29, 1.82) is 0 Å². The van der Waals surface area contributed by atoms with Crippen molar-refractivity contribution in [3.63, 3.8) is 0 Å². The van der Waals surface area contributed by atoms with Gasteiger partial charge >= 0.3 is 5.97 Å². The number of rotatable bonds is 4. The Labute approximate surface area is 120 Å². The van der Waals surface area contributed by atoms with Gasteiger partial charge in [-0.15, -0.1) is 0 Å². The average molecular weight is 321 g/mol. The van der Waals surface area contributed by atoms with Gasteiger partial charge in [0.2, 0.25) is 6.10 Å². The molecule has 4 heteroatoms. The summed E-state index contributed by atoms with van der Waals surface area (Å²) in [7, 11) is 0. The van der Waals surface area contributed by atoms with Crippen molar-refractivity contribution >= 4 is 21.9 Å². The fraction of sp³-hybridized carbons (Fsp3) is 0.133. The minimum absolute atomic E-state index is 0.539. The van der Waals surface area contributed by atoms with Crippen LogP contribution in [0.25, 0.3) is 0 Å². The zero-order valence-corrected chi connectivity index (χ0v) is 11.9. The maximum absolute atomic E-state index is 11.3. The number of hydrogen-bond donors (Lipinski definition) is 1. The summed E-state index contributed by atoms with van der Waals surface area (Å²) in [4.78, 5) is 11.3. The quantitative estimate of drug-likeness (QED) is 0.927. The van der Waals surface area contributed by atoms with Crippen LogP contribution < -0.4 is 4.74 Å². The molecule has 0 spiro atoms. The van der Waals surface area contributed by atoms with Gasteiger partial charge in [0.15, 0.2) is 0 Å². The van der Waals surface area contributed by atoms with Crippen molar-refractivity contribution in [2.75, 3.05) is 0 Å². The summed E-state index contributed by atoms with van der Waals surface area (Å²) in [5.41, 5.74) is 1.62. The van der Waals surface area contributed by atoms with E-state index < -0.39 is 12.1 Å². The molecule has 1 atom stereocenters. The lowest BCUT2D eigenvalue weighted by Crippen LogP contribution is -2.18. The van der Waals surface area contributed by atoms with Gasteiger partial charge in [-0.25, -0.2) is 4.79 Å². The molecule has 0 aromatic heterocycles. The lowest BCUT2D eigenvalue weighted by Gasteiger charge is -2.16. The Morgan fingerprint density at radius 2 is 1.89 bits per heavy atom. The molecule has 1 unspecified atom stereocenters. The maximum atomic E-state index is 11.3. The molecule has 19 heavy (non-hydrogen) atoms. The second-order valence-corrected chi connectivity index (χ2v) is 5.01. The number of hydrogen-bond acceptors (Lipinski definition) is 2. The maximum Gasteiger partial charge on any atom is 0.349 e. The molecule has 0 aliphatic heterocycles. The van der Waals surface area contributed by atoms with Crippen LogP contribution in [0.15, 0.2) is 53.0 Å². The van der Waals surface area contributed by atoms with E-state index in [2.05, 4.69) is 15.9 Å². The third-order valence-corrected chi connectivity index (χ3v) is 3.60. The third kappa shape index (κ3) is 3.35. The van der Waals surface area contributed by atoms with E-state index in [1.54, 1.807) is 30.3 Å². The van der Waals surface area contributed by atoms with Crippen LogP contribution in [-0.2, 0) is 4.79 Å². The fourth-order valence-electron chi connectivity index (χ4n) is 1.72. The van der Waals surface area contributed by atoms with Gasteiger partial charge in [0.1, 0.15) is 5.75 Å². The van der Waals surface area contributed by atoms with Gasteiger partial charge in [-0.1, -0.05) is 46.3 Å². The molecule has 2 aromatic rings. The highest BCUT2D eigenvalue weighted by molar-refractivity contribution is 9.10. The lowest BCUT2D eigenvalue weighted by atomic mass is 10.1. The van der Waals surface area contributed by atoms with E-state index in [4.69, 9.17) is 4.74 Å². The van der Waals surface area contributed by atoms with E-state index in [0.29, 0.717) is 11.3 Å². The third-order valence-electron chi connectivity index (χ3n) is 2.71. The van der Waals surface area contributed by atoms with Gasteiger partial charge in [0.05, 0.1) is 0 Å². The van der Waals surface area contributed by atoms with E-state index in [0.717, 1.165) is 10.0 Å². The molecule has 2 rings (SSSR count). The van der Waals surface area contributed by atoms with Crippen LogP contribution in [0.1, 0.15) is 17.2 Å². The van der Waals surface area contributed by atoms with Gasteiger partial charge in [-0.3, -0.25) is 0 Å². The molecular weight excluding hydrogens is 308 g/mol. The molecule has 0 saturated carbocycles. The molecular formula is C15H13BrO3. The number of carboxylic acids is 1. The summed E-state index contributed by atoms with van der Waals surface area (Å²) < 4.78 is 6.54. The minimum atomic E-state index is -1.01. The lowest BCUT2D eigenvalue weighted by molar-refractivity contribution is -0.145. The van der Waals surface area contributed by atoms with E-state index in [9.17, 15) is 9.90 Å². The largest absolute Gasteiger partial charge is 0.478 e. The standard InChI is InChI=1S/C15H13BrO3/c1-10-9-12(7-8-13(10)16)19-14(15(17)18)11-5-3-2-4-6-11/h2-9,14H,1H3,(H,17,18). The van der Waals surface area contributed by atoms with Crippen molar-refractivity contribution in [1.82, 2.24) is 0 Å². The number of benzene rings is 2. The van der Waals surface area contributed by atoms with Gasteiger partial charge < -0.3 is 9.84 Å². The van der Waals surface area contributed by atoms with Gasteiger partial charge in [0, 0.05) is 10.0 Å². The van der Waals surface area contributed by atoms with Crippen molar-refractivity contribution in [2.45, 2.75) is 13.0 Å². The smallest absolute Gasteiger partial charge is 0.349 e. The molecule has 0 radical (unpaired) electrons. The summed E-state index contributed by atoms with van der Waals surface area (Å²) in [5.74, 6) is -0.469. The van der Waals surface area contributed by atoms with Gasteiger partial charge in [0.25, 0.3) is 0 Å². The summed E-state index contributed by atoms with van der Waals surface area (Å²) in [6, 6.07) is 14.3. The van der Waals surface area contributed by atoms with Crippen LogP contribution in [0.4, 0.5) is 0 Å². The van der Waals surface area contributed by atoms with E-state index in [1.807, 2.05) is 25.1 Å². The van der Waals surface area contributed by atoms with Crippen molar-refractivity contribution in [2.24, 2.45) is 0 Å². The van der Waals surface area contributed by atoms with Crippen LogP contribution in [0.2, 0.25) is 0 Å². The highest BCUT2D eigenvalue weighted by Gasteiger charge is 2.21. The predicted molar refractivity (Wildman–Crippen MR) is 76.3 cm³/mol. The van der Waals surface area contributed by atoms with Crippen LogP contribution >= 0.6 is 15.9 Å². The number of ether oxygens (including phenoxy) is 1. The number of halogens is 1. The number of carboxylic acid groups (broad SMARTS) is 1. The van der Waals surface area contributed by atoms with E-state index in [-0.39, 0.29) is 0 Å². The molecule has 3 nitrogen and oxygen atoms in total. The molecule has 0 fully saturated rings. The van der Waals surface area contributed by atoms with Crippen LogP contribution in [0.5, 0.6) is 5.75 Å². The SMILES string of the molecule is Cc1cc(OC(C(=O)O)c2ccccc2)ccc1Br. The monoisotopic (exact) mass is 320 g/mol. The number of aryl methyl sites for hydroxylation is 1. The Bertz CT molecular complexity index is 581. The van der Waals surface area contributed by atoms with Crippen molar-refractivity contribution < 1.29 is 14.6 Å². The Kier molecular flexibility index (Phi) is 4.22. The molecule has 0 aliphatic carbocycles. The average Bonchev–Trinajstić information content (AvgIpc) is 2.40. The van der Waals surface area contributed by atoms with E-state index in [1.165, 1.54) is 0 Å². The highest BCUT2D eigenvalue weighted by atomic mass is 79.9. The first-order chi connectivity index (χ1) is 9.08. The van der Waals surface area contributed by atoms with Crippen LogP contribution in [-0.4, -0.2) is 11.1 Å². The first-order valence-corrected chi connectivity index (χ1v) is 6.58. The summed E-state index contributed by atoms with van der Waals surface area (Å²) in [6.45, 7) is 1.93. The Morgan fingerprint density at radius 3 is 2.47 bits per heavy atom. The van der Waals surface area contributed by atoms with Gasteiger partial charge in [-0.05, 0) is 30.7 Å². The molecule has 1 N–H and O–H groups in total. The highest BCUT2D eigenvalue weighted by Crippen LogP contribution is 2.26. The molecule has 0 amide bonds. The Balaban J connectivity index is 2.27. The summed E-state index contributed by atoms with van der Waals surface area (Å²) >= 11 is 3.40. The Morgan fingerprint density at radius 1 is 1.21 bits per heavy atom. The zero-order valence-electron chi connectivity index (χ0n) is 10.3. The summed E-state index contributed by atoms with van der Waals surface area (Å²) in [5, 5.41) is 9.28. The number of aliphatic carboxylic acids is 1. The molecule has 2 aromatic carbocycles. The molecule has 0 saturated heterocycles. The Hall–Kier alpha value is -1.81. The molecule has 0 heterocycles. The zero-order chi connectivity index (χ0) is 13.8. The van der Waals surface area contributed by atoms with E-state index >= 15 is 0 Å². The topological polar surface area (TPSA) is 46.5 Å². The molecule has 0 bridgehead atoms. The number of carbonyl (C=O) groups is 1. The fourth-order valence-corrected chi connectivity index (χ4v) is 1.96. The van der Waals surface area contributed by atoms with Crippen LogP contribution in [0.3, 0.4) is 0 Å². The van der Waals surface area contributed by atoms with Gasteiger partial charge in [-0.2, -0.15) is 0 Å². The second-order valence-electron chi connectivity index (χ2n) is 4.16. The minimum Gasteiger partial charge on any atom is -0.478 e. The second kappa shape index (κ2) is 5.89. The normalized spacial score (nSPS) is 11.9. The molecule has 0 aliphatic rings. The molecule has 98 valence electrons.